The van der Waals surface area contributed by atoms with Crippen molar-refractivity contribution >= 4 is 57.6 Å². The number of ketones is 1. The van der Waals surface area contributed by atoms with Gasteiger partial charge in [-0.05, 0) is 102 Å². The van der Waals surface area contributed by atoms with Gasteiger partial charge < -0.3 is 24.8 Å². The number of hydrogen-bond acceptors (Lipinski definition) is 12. The van der Waals surface area contributed by atoms with Crippen LogP contribution in [0, 0.1) is 5.92 Å². The van der Waals surface area contributed by atoms with Crippen LogP contribution in [-0.4, -0.2) is 87.3 Å². The minimum absolute atomic E-state index is 0.00443. The molecule has 0 unspecified atom stereocenters. The van der Waals surface area contributed by atoms with Crippen LogP contribution in [-0.2, 0) is 48.2 Å². The molecule has 9 rings (SSSR count). The number of halogens is 2. The van der Waals surface area contributed by atoms with Gasteiger partial charge in [0.15, 0.2) is 5.78 Å². The number of carbonyl (C=O) groups is 2. The van der Waals surface area contributed by atoms with Gasteiger partial charge in [-0.1, -0.05) is 112 Å². The molecular weight excluding hydrogens is 1080 g/mol. The Morgan fingerprint density at radius 3 is 1.77 bits per heavy atom. The highest BCUT2D eigenvalue weighted by atomic mass is 35.5. The van der Waals surface area contributed by atoms with E-state index in [2.05, 4.69) is 31.3 Å². The zero-order valence-electron chi connectivity index (χ0n) is 45.3. The normalized spacial score (nSPS) is 12.7. The molecule has 1 aliphatic heterocycles. The number of carbonyl (C=O) groups excluding carboxylic acids is 2. The molecule has 79 heavy (non-hydrogen) atoms. The molecule has 1 saturated heterocycles. The molecule has 4 aromatic carbocycles. The molecule has 410 valence electrons. The molecule has 1 amide bonds. The highest BCUT2D eigenvalue weighted by Crippen LogP contribution is 2.36. The third kappa shape index (κ3) is 12.4. The zero-order valence-corrected chi connectivity index (χ0v) is 48.4. The van der Waals surface area contributed by atoms with E-state index in [9.17, 15) is 14.7 Å². The number of amides is 1. The van der Waals surface area contributed by atoms with E-state index in [0.29, 0.717) is 125 Å². The molecule has 1 fully saturated rings. The van der Waals surface area contributed by atoms with E-state index in [1.807, 2.05) is 78.9 Å². The molecule has 1 aliphatic rings. The highest BCUT2D eigenvalue weighted by Gasteiger charge is 2.30. The number of para-hydroxylation sites is 1. The maximum Gasteiger partial charge on any atom is 0.268 e. The summed E-state index contributed by atoms with van der Waals surface area (Å²) >= 11 is 15.1. The number of Topliss-reactive ketones (excluding diaryl/α,β-unsaturated/α-hetero) is 1. The molecule has 0 bridgehead atoms. The van der Waals surface area contributed by atoms with Crippen molar-refractivity contribution in [1.82, 2.24) is 29.3 Å². The molecule has 0 spiro atoms. The van der Waals surface area contributed by atoms with Gasteiger partial charge in [-0.3, -0.25) is 23.7 Å². The van der Waals surface area contributed by atoms with Crippen LogP contribution in [0.15, 0.2) is 111 Å². The van der Waals surface area contributed by atoms with Crippen LogP contribution < -0.4 is 16.4 Å². The van der Waals surface area contributed by atoms with Crippen molar-refractivity contribution in [3.8, 4) is 60.9 Å². The molecule has 17 heteroatoms. The molecule has 13 nitrogen and oxygen atoms in total. The topological polar surface area (TPSA) is 158 Å². The lowest BCUT2D eigenvalue weighted by Crippen LogP contribution is -2.47. The lowest BCUT2D eigenvalue weighted by molar-refractivity contribution is 0.0574. The Balaban J connectivity index is 1.17. The molecule has 0 aliphatic carbocycles. The van der Waals surface area contributed by atoms with E-state index < -0.39 is 11.4 Å². The first-order valence-electron chi connectivity index (χ1n) is 26.8. The van der Waals surface area contributed by atoms with E-state index in [1.54, 1.807) is 42.0 Å². The molecular formula is C62H64Cl2N6O7S2. The summed E-state index contributed by atoms with van der Waals surface area (Å²) in [5.74, 6) is -0.896. The van der Waals surface area contributed by atoms with Gasteiger partial charge in [0.2, 0.25) is 5.88 Å². The zero-order chi connectivity index (χ0) is 55.9. The molecule has 0 saturated carbocycles. The third-order valence-electron chi connectivity index (χ3n) is 14.2. The highest BCUT2D eigenvalue weighted by molar-refractivity contribution is 7.13. The first-order chi connectivity index (χ1) is 38.2. The van der Waals surface area contributed by atoms with Gasteiger partial charge in [0.1, 0.15) is 10.0 Å². The van der Waals surface area contributed by atoms with Crippen LogP contribution in [0.5, 0.6) is 5.88 Å². The van der Waals surface area contributed by atoms with E-state index in [0.717, 1.165) is 38.9 Å². The number of methoxy groups -OCH3 is 1. The predicted molar refractivity (Wildman–Crippen MR) is 318 cm³/mol. The second kappa shape index (κ2) is 25.7. The number of aryl methyl sites for hydroxylation is 5. The SMILES string of the molecule is CCc1cccc(CCc2cc(CC)c(-n3c(COCCOC)c(C(=O)N4CCNCC4)cc(-c4nc(-c5ccc(Cl)cc5)cs4)c3=O)c(CC)c2)c1-n1c(O)c(C(=O)CC(C)C)cc(-c2nc(-c3ccc(Cl)cc3)cs2)c1=O. The molecule has 2 N–H and O–H groups in total. The fourth-order valence-electron chi connectivity index (χ4n) is 10.2. The molecule has 8 aromatic rings. The van der Waals surface area contributed by atoms with Crippen LogP contribution in [0.25, 0.3) is 55.0 Å². The number of pyridine rings is 2. The molecule has 0 radical (unpaired) electrons. The minimum atomic E-state index is -0.493. The Hall–Kier alpha value is -6.56. The maximum atomic E-state index is 15.6. The summed E-state index contributed by atoms with van der Waals surface area (Å²) in [4.78, 5) is 71.3. The smallest absolute Gasteiger partial charge is 0.268 e. The van der Waals surface area contributed by atoms with Crippen molar-refractivity contribution in [2.24, 2.45) is 5.92 Å². The monoisotopic (exact) mass is 1140 g/mol. The predicted octanol–water partition coefficient (Wildman–Crippen LogP) is 12.5. The van der Waals surface area contributed by atoms with Crippen molar-refractivity contribution in [3.05, 3.63) is 177 Å². The van der Waals surface area contributed by atoms with E-state index in [1.165, 1.54) is 33.3 Å². The fraction of sp³-hybridized carbons (Fsp3) is 0.323. The van der Waals surface area contributed by atoms with E-state index in [-0.39, 0.29) is 53.9 Å². The number of ether oxygens (including phenoxy) is 2. The summed E-state index contributed by atoms with van der Waals surface area (Å²) in [5, 5.41) is 21.4. The van der Waals surface area contributed by atoms with Gasteiger partial charge in [0.05, 0.1) is 70.5 Å². The van der Waals surface area contributed by atoms with Gasteiger partial charge >= 0.3 is 0 Å². The lowest BCUT2D eigenvalue weighted by Gasteiger charge is -2.29. The van der Waals surface area contributed by atoms with E-state index >= 15 is 9.59 Å². The van der Waals surface area contributed by atoms with Gasteiger partial charge in [-0.15, -0.1) is 22.7 Å². The second-order valence-corrected chi connectivity index (χ2v) is 22.5. The summed E-state index contributed by atoms with van der Waals surface area (Å²) in [6.07, 6.45) is 2.77. The second-order valence-electron chi connectivity index (χ2n) is 19.9. The van der Waals surface area contributed by atoms with Crippen molar-refractivity contribution in [3.63, 3.8) is 0 Å². The van der Waals surface area contributed by atoms with E-state index in [4.69, 9.17) is 42.6 Å². The Labute approximate surface area is 478 Å². The van der Waals surface area contributed by atoms with Crippen LogP contribution >= 0.6 is 45.9 Å². The maximum absolute atomic E-state index is 15.6. The number of hydrogen-bond donors (Lipinski definition) is 2. The molecule has 5 heterocycles. The lowest BCUT2D eigenvalue weighted by atomic mass is 9.93. The van der Waals surface area contributed by atoms with Crippen LogP contribution in [0.3, 0.4) is 0 Å². The summed E-state index contributed by atoms with van der Waals surface area (Å²) in [7, 11) is 1.60. The molecule has 4 aromatic heterocycles. The Bertz CT molecular complexity index is 3610. The van der Waals surface area contributed by atoms with Crippen molar-refractivity contribution in [2.75, 3.05) is 46.5 Å². The van der Waals surface area contributed by atoms with Gasteiger partial charge in [0.25, 0.3) is 17.0 Å². The van der Waals surface area contributed by atoms with Crippen molar-refractivity contribution in [2.45, 2.75) is 79.8 Å². The van der Waals surface area contributed by atoms with Crippen LogP contribution in [0.1, 0.15) is 95.3 Å². The van der Waals surface area contributed by atoms with Crippen LogP contribution in [0.4, 0.5) is 0 Å². The quantitative estimate of drug-likeness (QED) is 0.0524. The standard InChI is InChI=1S/C62H64Cl2N6O7S2/c1-7-39-11-10-12-44(55(39)70-60(73)48(54(71)29-37(4)5)33-50(62(70)75)58-67-52(36-79-58)43-17-21-46(64)22-18-43)14-13-38-30-40(8-2)56(41(9-3)31-38)69-53(34-77-28-27-76-6)47(59(72)68-25-23-65-24-26-68)32-49(61(69)74)57-66-51(35-78-57)42-15-19-45(63)20-16-42/h10-12,15-22,30-33,35-37,65,73H,7-9,13-14,23-29,34H2,1-6H3. The average molecular weight is 1140 g/mol. The van der Waals surface area contributed by atoms with Crippen molar-refractivity contribution in [1.29, 1.82) is 0 Å². The summed E-state index contributed by atoms with van der Waals surface area (Å²) in [5.41, 5.74) is 9.17. The van der Waals surface area contributed by atoms with Crippen molar-refractivity contribution < 1.29 is 24.2 Å². The first-order valence-corrected chi connectivity index (χ1v) is 29.3. The van der Waals surface area contributed by atoms with Crippen LogP contribution in [0.2, 0.25) is 10.0 Å². The summed E-state index contributed by atoms with van der Waals surface area (Å²) in [6, 6.07) is 28.0. The van der Waals surface area contributed by atoms with Gasteiger partial charge in [-0.25, -0.2) is 14.5 Å². The van der Waals surface area contributed by atoms with Gasteiger partial charge in [0, 0.05) is 71.6 Å². The fourth-order valence-corrected chi connectivity index (χ4v) is 12.1. The number of piperazine rings is 1. The number of nitrogens with zero attached hydrogens (tertiary/aromatic N) is 5. The minimum Gasteiger partial charge on any atom is -0.494 e. The van der Waals surface area contributed by atoms with Gasteiger partial charge in [-0.2, -0.15) is 0 Å². The number of thiazole rings is 2. The largest absolute Gasteiger partial charge is 0.494 e. The Morgan fingerprint density at radius 1 is 0.696 bits per heavy atom. The average Bonchev–Trinajstić information content (AvgIpc) is 4.31. The Kier molecular flexibility index (Phi) is 18.6. The number of nitrogens with one attached hydrogen (secondary N) is 1. The third-order valence-corrected chi connectivity index (χ3v) is 16.5. The number of rotatable bonds is 21. The number of benzene rings is 4. The number of aromatic hydroxyl groups is 1. The first kappa shape index (κ1) is 57.1. The summed E-state index contributed by atoms with van der Waals surface area (Å²) < 4.78 is 14.6. The Morgan fingerprint density at radius 2 is 1.23 bits per heavy atom. The number of aromatic nitrogens is 4. The summed E-state index contributed by atoms with van der Waals surface area (Å²) in [6.45, 7) is 12.8. The molecule has 0 atom stereocenters.